The topological polar surface area (TPSA) is 64.6 Å². The van der Waals surface area contributed by atoms with Crippen LogP contribution in [0.4, 0.5) is 0 Å². The Hall–Kier alpha value is -2.47. The van der Waals surface area contributed by atoms with Crippen LogP contribution in [-0.2, 0) is 0 Å². The lowest BCUT2D eigenvalue weighted by atomic mass is 10.2. The highest BCUT2D eigenvalue weighted by Gasteiger charge is 2.17. The molecule has 0 aliphatic heterocycles. The number of aromatic nitrogens is 5. The first-order chi connectivity index (χ1) is 9.27. The van der Waals surface area contributed by atoms with Crippen molar-refractivity contribution < 1.29 is 4.79 Å². The highest BCUT2D eigenvalue weighted by Crippen LogP contribution is 2.22. The van der Waals surface area contributed by atoms with Crippen molar-refractivity contribution in [2.24, 2.45) is 0 Å². The molecule has 0 N–H and O–H groups in total. The molecule has 0 aliphatic rings. The standard InChI is InChI=1S/C12H6ClN5O/c13-10(19)12-16-15-11-7-3-1-2-4-8(7)17-6-14-5-9(17)18(11)12/h1-6H. The molecule has 0 saturated carbocycles. The summed E-state index contributed by atoms with van der Waals surface area (Å²) in [6.45, 7) is 0. The molecule has 7 heteroatoms. The fourth-order valence-electron chi connectivity index (χ4n) is 2.31. The van der Waals surface area contributed by atoms with Crippen LogP contribution in [0.15, 0.2) is 36.8 Å². The molecule has 19 heavy (non-hydrogen) atoms. The highest BCUT2D eigenvalue weighted by molar-refractivity contribution is 6.67. The van der Waals surface area contributed by atoms with E-state index in [0.29, 0.717) is 11.3 Å². The molecule has 0 bridgehead atoms. The Labute approximate surface area is 111 Å². The third-order valence-electron chi connectivity index (χ3n) is 3.09. The number of rotatable bonds is 1. The minimum absolute atomic E-state index is 0.0907. The number of para-hydroxylation sites is 1. The number of hydrogen-bond acceptors (Lipinski definition) is 4. The number of carbonyl (C=O) groups excluding carboxylic acids is 1. The summed E-state index contributed by atoms with van der Waals surface area (Å²) in [7, 11) is 0. The van der Waals surface area contributed by atoms with Gasteiger partial charge in [-0.25, -0.2) is 4.98 Å². The van der Waals surface area contributed by atoms with E-state index in [1.807, 2.05) is 28.7 Å². The van der Waals surface area contributed by atoms with Crippen molar-refractivity contribution in [3.8, 4) is 0 Å². The first-order valence-electron chi connectivity index (χ1n) is 5.55. The minimum Gasteiger partial charge on any atom is -0.284 e. The van der Waals surface area contributed by atoms with E-state index >= 15 is 0 Å². The van der Waals surface area contributed by atoms with Crippen LogP contribution in [0.5, 0.6) is 0 Å². The van der Waals surface area contributed by atoms with Crippen molar-refractivity contribution in [3.63, 3.8) is 0 Å². The van der Waals surface area contributed by atoms with Gasteiger partial charge in [0.1, 0.15) is 12.0 Å². The quantitative estimate of drug-likeness (QED) is 0.496. The van der Waals surface area contributed by atoms with Crippen molar-refractivity contribution in [2.45, 2.75) is 0 Å². The van der Waals surface area contributed by atoms with Crippen molar-refractivity contribution in [1.29, 1.82) is 0 Å². The smallest absolute Gasteiger partial charge is 0.284 e. The molecule has 0 aliphatic carbocycles. The molecule has 6 nitrogen and oxygen atoms in total. The van der Waals surface area contributed by atoms with Gasteiger partial charge in [0, 0.05) is 5.39 Å². The predicted octanol–water partition coefficient (Wildman–Crippen LogP) is 1.91. The minimum atomic E-state index is -0.647. The molecule has 4 aromatic rings. The van der Waals surface area contributed by atoms with Gasteiger partial charge < -0.3 is 0 Å². The normalized spacial score (nSPS) is 11.6. The Morgan fingerprint density at radius 1 is 1.21 bits per heavy atom. The molecule has 0 radical (unpaired) electrons. The largest absolute Gasteiger partial charge is 0.290 e. The van der Waals surface area contributed by atoms with E-state index in [-0.39, 0.29) is 5.82 Å². The van der Waals surface area contributed by atoms with Gasteiger partial charge in [0.2, 0.25) is 5.82 Å². The lowest BCUT2D eigenvalue weighted by Gasteiger charge is -2.05. The summed E-state index contributed by atoms with van der Waals surface area (Å²) in [5, 5.41) is 8.16. The molecular weight excluding hydrogens is 266 g/mol. The lowest BCUT2D eigenvalue weighted by Crippen LogP contribution is -2.02. The Kier molecular flexibility index (Phi) is 1.94. The molecular formula is C12H6ClN5O. The number of imidazole rings is 1. The van der Waals surface area contributed by atoms with Crippen LogP contribution < -0.4 is 0 Å². The molecule has 3 heterocycles. The Morgan fingerprint density at radius 3 is 2.89 bits per heavy atom. The maximum Gasteiger partial charge on any atom is 0.290 e. The van der Waals surface area contributed by atoms with Gasteiger partial charge in [-0.3, -0.25) is 13.6 Å². The third-order valence-corrected chi connectivity index (χ3v) is 3.26. The molecule has 3 aromatic heterocycles. The maximum atomic E-state index is 11.4. The Balaban J connectivity index is 2.40. The lowest BCUT2D eigenvalue weighted by molar-refractivity contribution is 0.107. The molecule has 0 amide bonds. The van der Waals surface area contributed by atoms with Crippen LogP contribution in [-0.4, -0.2) is 29.2 Å². The predicted molar refractivity (Wildman–Crippen MR) is 69.4 cm³/mol. The van der Waals surface area contributed by atoms with Crippen LogP contribution in [0, 0.1) is 0 Å². The fraction of sp³-hybridized carbons (Fsp3) is 0. The van der Waals surface area contributed by atoms with Crippen LogP contribution in [0.3, 0.4) is 0 Å². The first kappa shape index (κ1) is 10.5. The molecule has 0 atom stereocenters. The van der Waals surface area contributed by atoms with Crippen molar-refractivity contribution in [1.82, 2.24) is 24.0 Å². The summed E-state index contributed by atoms with van der Waals surface area (Å²) in [6, 6.07) is 7.71. The number of hydrogen-bond donors (Lipinski definition) is 0. The molecule has 0 spiro atoms. The summed E-state index contributed by atoms with van der Waals surface area (Å²) in [5.74, 6) is 0.0907. The molecule has 0 saturated heterocycles. The van der Waals surface area contributed by atoms with Crippen molar-refractivity contribution >= 4 is 39.0 Å². The summed E-state index contributed by atoms with van der Waals surface area (Å²) in [6.07, 6.45) is 3.33. The van der Waals surface area contributed by atoms with Gasteiger partial charge in [0.25, 0.3) is 5.24 Å². The van der Waals surface area contributed by atoms with E-state index < -0.39 is 5.24 Å². The second-order valence-electron chi connectivity index (χ2n) is 4.10. The van der Waals surface area contributed by atoms with Gasteiger partial charge in [0.05, 0.1) is 11.7 Å². The Morgan fingerprint density at radius 2 is 2.05 bits per heavy atom. The van der Waals surface area contributed by atoms with Crippen LogP contribution in [0.2, 0.25) is 0 Å². The van der Waals surface area contributed by atoms with E-state index in [4.69, 9.17) is 11.6 Å². The molecule has 0 fully saturated rings. The van der Waals surface area contributed by atoms with Gasteiger partial charge in [-0.05, 0) is 23.7 Å². The third kappa shape index (κ3) is 1.26. The van der Waals surface area contributed by atoms with E-state index in [2.05, 4.69) is 15.2 Å². The summed E-state index contributed by atoms with van der Waals surface area (Å²) in [5.41, 5.74) is 2.23. The van der Waals surface area contributed by atoms with E-state index in [1.54, 1.807) is 16.9 Å². The van der Waals surface area contributed by atoms with Crippen molar-refractivity contribution in [2.75, 3.05) is 0 Å². The Bertz CT molecular complexity index is 955. The van der Waals surface area contributed by atoms with Gasteiger partial charge in [-0.1, -0.05) is 12.1 Å². The van der Waals surface area contributed by atoms with Gasteiger partial charge in [-0.2, -0.15) is 0 Å². The zero-order valence-corrected chi connectivity index (χ0v) is 10.2. The summed E-state index contributed by atoms with van der Waals surface area (Å²) < 4.78 is 3.49. The average molecular weight is 272 g/mol. The van der Waals surface area contributed by atoms with Gasteiger partial charge in [-0.15, -0.1) is 10.2 Å². The SMILES string of the molecule is O=C(Cl)c1nnc2c3ccccc3n3cncc3n12. The average Bonchev–Trinajstić information content (AvgIpc) is 3.05. The summed E-state index contributed by atoms with van der Waals surface area (Å²) >= 11 is 5.55. The van der Waals surface area contributed by atoms with Gasteiger partial charge in [0.15, 0.2) is 5.65 Å². The van der Waals surface area contributed by atoms with E-state index in [1.165, 1.54) is 0 Å². The van der Waals surface area contributed by atoms with Crippen LogP contribution in [0.25, 0.3) is 22.2 Å². The van der Waals surface area contributed by atoms with E-state index in [0.717, 1.165) is 10.9 Å². The molecule has 4 rings (SSSR count). The number of nitrogens with zero attached hydrogens (tertiary/aromatic N) is 5. The zero-order valence-electron chi connectivity index (χ0n) is 9.49. The van der Waals surface area contributed by atoms with E-state index in [9.17, 15) is 4.79 Å². The molecule has 92 valence electrons. The number of carbonyl (C=O) groups is 1. The molecule has 1 aromatic carbocycles. The zero-order chi connectivity index (χ0) is 13.0. The number of benzene rings is 1. The number of fused-ring (bicyclic) bond motifs is 6. The second-order valence-corrected chi connectivity index (χ2v) is 4.44. The van der Waals surface area contributed by atoms with Gasteiger partial charge >= 0.3 is 0 Å². The maximum absolute atomic E-state index is 11.4. The summed E-state index contributed by atoms with van der Waals surface area (Å²) in [4.78, 5) is 15.5. The molecule has 0 unspecified atom stereocenters. The van der Waals surface area contributed by atoms with Crippen molar-refractivity contribution in [3.05, 3.63) is 42.6 Å². The first-order valence-corrected chi connectivity index (χ1v) is 5.93. The van der Waals surface area contributed by atoms with Crippen LogP contribution in [0.1, 0.15) is 10.6 Å². The van der Waals surface area contributed by atoms with Crippen LogP contribution >= 0.6 is 11.6 Å². The second kappa shape index (κ2) is 3.52. The highest BCUT2D eigenvalue weighted by atomic mass is 35.5. The monoisotopic (exact) mass is 271 g/mol. The fourth-order valence-corrected chi connectivity index (χ4v) is 2.44. The number of halogens is 1.